The maximum Gasteiger partial charge on any atom is 0.273 e. The number of carbonyl (C=O) groups excluding carboxylic acids is 1. The van der Waals surface area contributed by atoms with Crippen LogP contribution in [0.4, 0.5) is 0 Å². The second kappa shape index (κ2) is 5.50. The van der Waals surface area contributed by atoms with Crippen molar-refractivity contribution in [3.63, 3.8) is 0 Å². The molecule has 0 spiro atoms. The summed E-state index contributed by atoms with van der Waals surface area (Å²) in [5.41, 5.74) is 4.29. The molecule has 0 aliphatic heterocycles. The molecule has 0 saturated carbocycles. The number of hydrazone groups is 1. The van der Waals surface area contributed by atoms with Gasteiger partial charge in [0.25, 0.3) is 5.91 Å². The molecule has 0 saturated heterocycles. The van der Waals surface area contributed by atoms with Crippen LogP contribution in [-0.4, -0.2) is 22.2 Å². The number of aromatic amines is 1. The summed E-state index contributed by atoms with van der Waals surface area (Å²) in [5, 5.41) is 14.4. The third-order valence-corrected chi connectivity index (χ3v) is 3.14. The Balaban J connectivity index is 1.78. The molecule has 1 amide bonds. The minimum atomic E-state index is -0.310. The van der Waals surface area contributed by atoms with E-state index < -0.39 is 0 Å². The number of aromatic nitrogens is 1. The first kappa shape index (κ1) is 12.9. The van der Waals surface area contributed by atoms with Crippen molar-refractivity contribution in [1.82, 2.24) is 10.4 Å². The Kier molecular flexibility index (Phi) is 3.39. The SMILES string of the molecule is O=C(N/N=C/c1ccccc1O)c1cccc2cc[nH]c12. The number of aromatic hydroxyl groups is 1. The van der Waals surface area contributed by atoms with Crippen LogP contribution < -0.4 is 5.43 Å². The molecule has 2 aromatic carbocycles. The van der Waals surface area contributed by atoms with Gasteiger partial charge >= 0.3 is 0 Å². The van der Waals surface area contributed by atoms with E-state index in [-0.39, 0.29) is 11.7 Å². The zero-order chi connectivity index (χ0) is 14.7. The minimum Gasteiger partial charge on any atom is -0.507 e. The van der Waals surface area contributed by atoms with Crippen molar-refractivity contribution in [3.8, 4) is 5.75 Å². The molecular weight excluding hydrogens is 266 g/mol. The average molecular weight is 279 g/mol. The lowest BCUT2D eigenvalue weighted by Crippen LogP contribution is -2.18. The largest absolute Gasteiger partial charge is 0.507 e. The molecule has 0 fully saturated rings. The maximum absolute atomic E-state index is 12.1. The molecule has 104 valence electrons. The number of nitrogens with one attached hydrogen (secondary N) is 2. The predicted octanol–water partition coefficient (Wildman–Crippen LogP) is 2.64. The first-order chi connectivity index (χ1) is 10.3. The molecule has 5 heteroatoms. The molecule has 1 aromatic heterocycles. The lowest BCUT2D eigenvalue weighted by Gasteiger charge is -2.02. The lowest BCUT2D eigenvalue weighted by molar-refractivity contribution is 0.0956. The molecule has 1 heterocycles. The zero-order valence-electron chi connectivity index (χ0n) is 11.1. The summed E-state index contributed by atoms with van der Waals surface area (Å²) in [7, 11) is 0. The molecule has 0 aliphatic rings. The first-order valence-corrected chi connectivity index (χ1v) is 6.43. The normalized spacial score (nSPS) is 11.0. The number of amides is 1. The fourth-order valence-corrected chi connectivity index (χ4v) is 2.09. The fraction of sp³-hybridized carbons (Fsp3) is 0. The number of hydrogen-bond donors (Lipinski definition) is 3. The number of rotatable bonds is 3. The minimum absolute atomic E-state index is 0.113. The highest BCUT2D eigenvalue weighted by Crippen LogP contribution is 2.17. The van der Waals surface area contributed by atoms with E-state index in [4.69, 9.17) is 0 Å². The molecule has 3 N–H and O–H groups in total. The van der Waals surface area contributed by atoms with Gasteiger partial charge in [-0.15, -0.1) is 0 Å². The highest BCUT2D eigenvalue weighted by Gasteiger charge is 2.09. The summed E-state index contributed by atoms with van der Waals surface area (Å²) in [5.74, 6) is -0.198. The van der Waals surface area contributed by atoms with Crippen molar-refractivity contribution in [2.75, 3.05) is 0 Å². The Morgan fingerprint density at radius 2 is 2.00 bits per heavy atom. The summed E-state index contributed by atoms with van der Waals surface area (Å²) in [6, 6.07) is 14.1. The Bertz CT molecular complexity index is 821. The van der Waals surface area contributed by atoms with Gasteiger partial charge in [0.2, 0.25) is 0 Å². The highest BCUT2D eigenvalue weighted by atomic mass is 16.3. The molecule has 3 rings (SSSR count). The molecular formula is C16H13N3O2. The monoisotopic (exact) mass is 279 g/mol. The van der Waals surface area contributed by atoms with Crippen molar-refractivity contribution < 1.29 is 9.90 Å². The zero-order valence-corrected chi connectivity index (χ0v) is 11.1. The van der Waals surface area contributed by atoms with Gasteiger partial charge in [-0.05, 0) is 24.3 Å². The second-order valence-electron chi connectivity index (χ2n) is 4.51. The molecule has 0 aliphatic carbocycles. The first-order valence-electron chi connectivity index (χ1n) is 6.43. The number of hydrogen-bond acceptors (Lipinski definition) is 3. The van der Waals surface area contributed by atoms with Crippen molar-refractivity contribution in [1.29, 1.82) is 0 Å². The van der Waals surface area contributed by atoms with Crippen LogP contribution in [0.15, 0.2) is 59.8 Å². The van der Waals surface area contributed by atoms with Crippen LogP contribution in [-0.2, 0) is 0 Å². The second-order valence-corrected chi connectivity index (χ2v) is 4.51. The van der Waals surface area contributed by atoms with Crippen LogP contribution in [0.3, 0.4) is 0 Å². The van der Waals surface area contributed by atoms with Crippen LogP contribution >= 0.6 is 0 Å². The van der Waals surface area contributed by atoms with E-state index in [1.807, 2.05) is 18.2 Å². The van der Waals surface area contributed by atoms with Gasteiger partial charge in [-0.2, -0.15) is 5.10 Å². The fourth-order valence-electron chi connectivity index (χ4n) is 2.09. The van der Waals surface area contributed by atoms with Crippen LogP contribution in [0.25, 0.3) is 10.9 Å². The molecule has 5 nitrogen and oxygen atoms in total. The van der Waals surface area contributed by atoms with Crippen LogP contribution in [0.5, 0.6) is 5.75 Å². The van der Waals surface area contributed by atoms with Gasteiger partial charge in [0.05, 0.1) is 17.3 Å². The lowest BCUT2D eigenvalue weighted by atomic mass is 10.1. The van der Waals surface area contributed by atoms with Crippen LogP contribution in [0.1, 0.15) is 15.9 Å². The number of phenols is 1. The molecule has 3 aromatic rings. The van der Waals surface area contributed by atoms with E-state index in [9.17, 15) is 9.90 Å². The number of para-hydroxylation sites is 2. The Morgan fingerprint density at radius 1 is 1.14 bits per heavy atom. The summed E-state index contributed by atoms with van der Waals surface area (Å²) < 4.78 is 0. The third kappa shape index (κ3) is 2.62. The third-order valence-electron chi connectivity index (χ3n) is 3.14. The van der Waals surface area contributed by atoms with Crippen molar-refractivity contribution in [2.24, 2.45) is 5.10 Å². The van der Waals surface area contributed by atoms with Gasteiger partial charge < -0.3 is 10.1 Å². The number of carbonyl (C=O) groups is 1. The van der Waals surface area contributed by atoms with Crippen LogP contribution in [0.2, 0.25) is 0 Å². The Labute approximate surface area is 120 Å². The van der Waals surface area contributed by atoms with E-state index >= 15 is 0 Å². The van der Waals surface area contributed by atoms with Gasteiger partial charge in [-0.3, -0.25) is 4.79 Å². The van der Waals surface area contributed by atoms with Gasteiger partial charge in [0.1, 0.15) is 5.75 Å². The van der Waals surface area contributed by atoms with Crippen LogP contribution in [0, 0.1) is 0 Å². The maximum atomic E-state index is 12.1. The molecule has 0 bridgehead atoms. The highest BCUT2D eigenvalue weighted by molar-refractivity contribution is 6.05. The van der Waals surface area contributed by atoms with Gasteiger partial charge in [-0.25, -0.2) is 5.43 Å². The smallest absolute Gasteiger partial charge is 0.273 e. The average Bonchev–Trinajstić information content (AvgIpc) is 2.97. The number of phenolic OH excluding ortho intramolecular Hbond substituents is 1. The van der Waals surface area contributed by atoms with Crippen molar-refractivity contribution in [3.05, 3.63) is 65.9 Å². The molecule has 21 heavy (non-hydrogen) atoms. The van der Waals surface area contributed by atoms with E-state index in [0.717, 1.165) is 10.9 Å². The van der Waals surface area contributed by atoms with Gasteiger partial charge in [0, 0.05) is 17.1 Å². The van der Waals surface area contributed by atoms with E-state index in [0.29, 0.717) is 11.1 Å². The molecule has 0 unspecified atom stereocenters. The molecule has 0 atom stereocenters. The summed E-state index contributed by atoms with van der Waals surface area (Å²) in [4.78, 5) is 15.2. The predicted molar refractivity (Wildman–Crippen MR) is 81.5 cm³/mol. The summed E-state index contributed by atoms with van der Waals surface area (Å²) >= 11 is 0. The number of fused-ring (bicyclic) bond motifs is 1. The number of nitrogens with zero attached hydrogens (tertiary/aromatic N) is 1. The van der Waals surface area contributed by atoms with E-state index in [1.165, 1.54) is 6.21 Å². The van der Waals surface area contributed by atoms with Gasteiger partial charge in [0.15, 0.2) is 0 Å². The Morgan fingerprint density at radius 3 is 2.86 bits per heavy atom. The van der Waals surface area contributed by atoms with E-state index in [1.54, 1.807) is 36.5 Å². The topological polar surface area (TPSA) is 77.5 Å². The summed E-state index contributed by atoms with van der Waals surface area (Å²) in [6.07, 6.45) is 3.19. The molecule has 0 radical (unpaired) electrons. The number of benzene rings is 2. The van der Waals surface area contributed by atoms with Crippen molar-refractivity contribution in [2.45, 2.75) is 0 Å². The summed E-state index contributed by atoms with van der Waals surface area (Å²) in [6.45, 7) is 0. The standard InChI is InChI=1S/C16H13N3O2/c20-14-7-2-1-4-12(14)10-18-19-16(21)13-6-3-5-11-8-9-17-15(11)13/h1-10,17,20H,(H,19,21)/b18-10+. The number of H-pyrrole nitrogens is 1. The Hall–Kier alpha value is -3.08. The van der Waals surface area contributed by atoms with Gasteiger partial charge in [-0.1, -0.05) is 24.3 Å². The quantitative estimate of drug-likeness (QED) is 0.509. The van der Waals surface area contributed by atoms with E-state index in [2.05, 4.69) is 15.5 Å². The van der Waals surface area contributed by atoms with Crippen molar-refractivity contribution >= 4 is 23.0 Å².